The fourth-order valence-corrected chi connectivity index (χ4v) is 1.67. The molecule has 1 fully saturated rings. The Kier molecular flexibility index (Phi) is 2.78. The predicted molar refractivity (Wildman–Crippen MR) is 54.6 cm³/mol. The number of anilines is 1. The third-order valence-corrected chi connectivity index (χ3v) is 2.59. The van der Waals surface area contributed by atoms with Gasteiger partial charge in [0, 0.05) is 6.54 Å². The first kappa shape index (κ1) is 10.9. The fourth-order valence-electron chi connectivity index (χ4n) is 1.67. The van der Waals surface area contributed by atoms with E-state index in [4.69, 9.17) is 10.5 Å². The molecule has 2 N–H and O–H groups in total. The minimum atomic E-state index is -0.263. The number of aromatic nitrogens is 2. The third kappa shape index (κ3) is 1.85. The van der Waals surface area contributed by atoms with E-state index in [1.54, 1.807) is 4.90 Å². The van der Waals surface area contributed by atoms with Gasteiger partial charge in [0.25, 0.3) is 5.91 Å². The van der Waals surface area contributed by atoms with Gasteiger partial charge in [-0.1, -0.05) is 0 Å². The number of carbonyl (C=O) groups is 1. The van der Waals surface area contributed by atoms with E-state index in [9.17, 15) is 4.79 Å². The zero-order chi connectivity index (χ0) is 11.7. The Balaban J connectivity index is 2.18. The lowest BCUT2D eigenvalue weighted by molar-refractivity contribution is -0.0389. The van der Waals surface area contributed by atoms with Crippen molar-refractivity contribution in [3.63, 3.8) is 0 Å². The number of nitrogen functional groups attached to an aromatic ring is 1. The van der Waals surface area contributed by atoms with Gasteiger partial charge in [-0.15, -0.1) is 0 Å². The van der Waals surface area contributed by atoms with Crippen molar-refractivity contribution < 1.29 is 14.2 Å². The van der Waals surface area contributed by atoms with Gasteiger partial charge in [0.15, 0.2) is 0 Å². The smallest absolute Gasteiger partial charge is 0.280 e. The highest BCUT2D eigenvalue weighted by Crippen LogP contribution is 2.16. The lowest BCUT2D eigenvalue weighted by Gasteiger charge is -2.36. The average Bonchev–Trinajstić information content (AvgIpc) is 2.67. The topological polar surface area (TPSA) is 94.5 Å². The molecule has 1 aliphatic heterocycles. The van der Waals surface area contributed by atoms with E-state index in [0.717, 1.165) is 0 Å². The Labute approximate surface area is 92.5 Å². The lowest BCUT2D eigenvalue weighted by atomic mass is 10.2. The molecular formula is C9H14N4O3. The predicted octanol–water partition coefficient (Wildman–Crippen LogP) is -0.0988. The number of morpholine rings is 1. The van der Waals surface area contributed by atoms with Crippen LogP contribution in [0.1, 0.15) is 24.3 Å². The lowest BCUT2D eigenvalue weighted by Crippen LogP contribution is -2.50. The normalized spacial score (nSPS) is 25.8. The zero-order valence-electron chi connectivity index (χ0n) is 9.21. The molecule has 1 aromatic rings. The van der Waals surface area contributed by atoms with Crippen molar-refractivity contribution in [2.45, 2.75) is 26.0 Å². The molecule has 16 heavy (non-hydrogen) atoms. The van der Waals surface area contributed by atoms with Crippen LogP contribution in [0, 0.1) is 0 Å². The van der Waals surface area contributed by atoms with Crippen molar-refractivity contribution in [1.82, 2.24) is 15.2 Å². The highest BCUT2D eigenvalue weighted by atomic mass is 16.6. The Bertz CT molecular complexity index is 392. The van der Waals surface area contributed by atoms with Gasteiger partial charge in [-0.25, -0.2) is 4.63 Å². The number of amides is 1. The van der Waals surface area contributed by atoms with Crippen LogP contribution in [-0.2, 0) is 4.74 Å². The van der Waals surface area contributed by atoms with E-state index in [1.165, 1.54) is 0 Å². The SMILES string of the molecule is CC1CN(C(=O)c2nonc2N)C(C)CO1. The number of rotatable bonds is 1. The van der Waals surface area contributed by atoms with Gasteiger partial charge in [-0.05, 0) is 24.2 Å². The van der Waals surface area contributed by atoms with Crippen molar-refractivity contribution in [2.24, 2.45) is 0 Å². The monoisotopic (exact) mass is 226 g/mol. The highest BCUT2D eigenvalue weighted by Gasteiger charge is 2.31. The van der Waals surface area contributed by atoms with E-state index in [2.05, 4.69) is 14.9 Å². The van der Waals surface area contributed by atoms with Crippen LogP contribution < -0.4 is 5.73 Å². The minimum Gasteiger partial charge on any atom is -0.379 e. The number of carbonyl (C=O) groups excluding carboxylic acids is 1. The largest absolute Gasteiger partial charge is 0.379 e. The van der Waals surface area contributed by atoms with Crippen molar-refractivity contribution in [2.75, 3.05) is 18.9 Å². The highest BCUT2D eigenvalue weighted by molar-refractivity contribution is 5.96. The van der Waals surface area contributed by atoms with Gasteiger partial charge in [-0.3, -0.25) is 4.79 Å². The standard InChI is InChI=1S/C9H14N4O3/c1-5-4-15-6(2)3-13(5)9(14)7-8(10)12-16-11-7/h5-6H,3-4H2,1-2H3,(H2,10,12). The summed E-state index contributed by atoms with van der Waals surface area (Å²) >= 11 is 0. The summed E-state index contributed by atoms with van der Waals surface area (Å²) in [5, 5.41) is 6.90. The van der Waals surface area contributed by atoms with Crippen molar-refractivity contribution in [3.05, 3.63) is 5.69 Å². The molecule has 0 bridgehead atoms. The molecule has 1 saturated heterocycles. The molecule has 1 amide bonds. The summed E-state index contributed by atoms with van der Waals surface area (Å²) < 4.78 is 9.85. The summed E-state index contributed by atoms with van der Waals surface area (Å²) in [5.74, 6) is -0.238. The molecule has 88 valence electrons. The van der Waals surface area contributed by atoms with Gasteiger partial charge in [0.05, 0.1) is 18.8 Å². The van der Waals surface area contributed by atoms with Gasteiger partial charge >= 0.3 is 0 Å². The van der Waals surface area contributed by atoms with Gasteiger partial charge in [0.2, 0.25) is 11.5 Å². The zero-order valence-corrected chi connectivity index (χ0v) is 9.21. The molecule has 2 atom stereocenters. The maximum Gasteiger partial charge on any atom is 0.280 e. The molecule has 1 aliphatic rings. The van der Waals surface area contributed by atoms with Crippen LogP contribution in [0.4, 0.5) is 5.82 Å². The molecule has 0 aromatic carbocycles. The minimum absolute atomic E-state index is 0.000185. The quantitative estimate of drug-likeness (QED) is 0.718. The molecule has 0 spiro atoms. The van der Waals surface area contributed by atoms with Gasteiger partial charge in [0.1, 0.15) is 0 Å². The molecule has 2 rings (SSSR count). The number of ether oxygens (including phenoxy) is 1. The first-order valence-corrected chi connectivity index (χ1v) is 5.10. The number of nitrogens with two attached hydrogens (primary N) is 1. The maximum atomic E-state index is 12.1. The van der Waals surface area contributed by atoms with Crippen molar-refractivity contribution >= 4 is 11.7 Å². The Hall–Kier alpha value is -1.63. The molecule has 2 unspecified atom stereocenters. The second-order valence-corrected chi connectivity index (χ2v) is 3.95. The summed E-state index contributed by atoms with van der Waals surface area (Å²) in [6, 6.07) is -0.000185. The molecule has 7 heteroatoms. The Morgan fingerprint density at radius 1 is 1.50 bits per heavy atom. The molecule has 0 radical (unpaired) electrons. The van der Waals surface area contributed by atoms with Crippen LogP contribution in [0.25, 0.3) is 0 Å². The van der Waals surface area contributed by atoms with E-state index < -0.39 is 0 Å². The van der Waals surface area contributed by atoms with Crippen LogP contribution in [0.15, 0.2) is 4.63 Å². The van der Waals surface area contributed by atoms with Crippen LogP contribution >= 0.6 is 0 Å². The van der Waals surface area contributed by atoms with E-state index in [0.29, 0.717) is 13.2 Å². The Morgan fingerprint density at radius 3 is 2.88 bits per heavy atom. The average molecular weight is 226 g/mol. The second-order valence-electron chi connectivity index (χ2n) is 3.95. The van der Waals surface area contributed by atoms with Crippen LogP contribution in [0.5, 0.6) is 0 Å². The first-order valence-electron chi connectivity index (χ1n) is 5.10. The molecule has 0 saturated carbocycles. The summed E-state index contributed by atoms with van der Waals surface area (Å²) in [4.78, 5) is 13.7. The Morgan fingerprint density at radius 2 is 2.25 bits per heavy atom. The van der Waals surface area contributed by atoms with E-state index in [1.807, 2.05) is 13.8 Å². The summed E-state index contributed by atoms with van der Waals surface area (Å²) in [6.45, 7) is 4.86. The molecule has 1 aromatic heterocycles. The molecule has 2 heterocycles. The molecule has 0 aliphatic carbocycles. The van der Waals surface area contributed by atoms with Crippen LogP contribution in [-0.4, -0.2) is 46.4 Å². The summed E-state index contributed by atoms with van der Waals surface area (Å²) in [6.07, 6.45) is 0.0150. The summed E-state index contributed by atoms with van der Waals surface area (Å²) in [5.41, 5.74) is 5.55. The fraction of sp³-hybridized carbons (Fsp3) is 0.667. The number of hydrogen-bond acceptors (Lipinski definition) is 6. The van der Waals surface area contributed by atoms with E-state index >= 15 is 0 Å². The maximum absolute atomic E-state index is 12.1. The van der Waals surface area contributed by atoms with Crippen LogP contribution in [0.2, 0.25) is 0 Å². The van der Waals surface area contributed by atoms with Crippen molar-refractivity contribution in [1.29, 1.82) is 0 Å². The van der Waals surface area contributed by atoms with Crippen molar-refractivity contribution in [3.8, 4) is 0 Å². The summed E-state index contributed by atoms with van der Waals surface area (Å²) in [7, 11) is 0. The van der Waals surface area contributed by atoms with E-state index in [-0.39, 0.29) is 29.6 Å². The first-order chi connectivity index (χ1) is 7.59. The third-order valence-electron chi connectivity index (χ3n) is 2.59. The second kappa shape index (κ2) is 4.09. The number of nitrogens with zero attached hydrogens (tertiary/aromatic N) is 3. The molecule has 7 nitrogen and oxygen atoms in total. The number of hydrogen-bond donors (Lipinski definition) is 1. The molecular weight excluding hydrogens is 212 g/mol. The van der Waals surface area contributed by atoms with Gasteiger partial charge in [-0.2, -0.15) is 0 Å². The van der Waals surface area contributed by atoms with Gasteiger partial charge < -0.3 is 15.4 Å². The van der Waals surface area contributed by atoms with Crippen LogP contribution in [0.3, 0.4) is 0 Å².